The zero-order valence-electron chi connectivity index (χ0n) is 16.5. The normalized spacial score (nSPS) is 39.9. The van der Waals surface area contributed by atoms with Crippen LogP contribution < -0.4 is 4.74 Å². The third-order valence-corrected chi connectivity index (χ3v) is 7.80. The van der Waals surface area contributed by atoms with Crippen LogP contribution in [0.2, 0.25) is 0 Å². The van der Waals surface area contributed by atoms with Crippen molar-refractivity contribution in [3.63, 3.8) is 0 Å². The number of carbonyl (C=O) groups is 2. The zero-order valence-corrected chi connectivity index (χ0v) is 16.5. The summed E-state index contributed by atoms with van der Waals surface area (Å²) in [6, 6.07) is 3.33. The number of ketones is 1. The van der Waals surface area contributed by atoms with Gasteiger partial charge in [0.05, 0.1) is 25.6 Å². The maximum absolute atomic E-state index is 13.0. The van der Waals surface area contributed by atoms with E-state index < -0.39 is 17.1 Å². The van der Waals surface area contributed by atoms with Crippen LogP contribution in [0.15, 0.2) is 12.1 Å². The number of amides is 1. The molecule has 1 N–H and O–H groups in total. The summed E-state index contributed by atoms with van der Waals surface area (Å²) in [7, 11) is 3.60. The van der Waals surface area contributed by atoms with Gasteiger partial charge in [0.25, 0.3) is 0 Å². The number of ether oxygens (including phenoxy) is 3. The SMILES string of the molecule is CCOC(=O)[N+]1(C)CCC23c4c5ccc(O)c4OC2C(=O)CCC3(OC)C1C5. The molecule has 4 aliphatic rings. The van der Waals surface area contributed by atoms with Crippen molar-refractivity contribution in [3.05, 3.63) is 23.3 Å². The van der Waals surface area contributed by atoms with Gasteiger partial charge in [0, 0.05) is 31.9 Å². The van der Waals surface area contributed by atoms with Crippen molar-refractivity contribution in [1.29, 1.82) is 0 Å². The standard InChI is InChI=1S/C21H25NO6/c1-4-27-19(25)22(2)10-9-20-16-12-5-6-13(23)17(16)28-18(20)14(24)7-8-21(20,26-3)15(22)11-12/h5-6,15,18H,4,7-11H2,1-3H3/p+1. The highest BCUT2D eigenvalue weighted by molar-refractivity contribution is 5.90. The van der Waals surface area contributed by atoms with Gasteiger partial charge in [-0.15, -0.1) is 0 Å². The van der Waals surface area contributed by atoms with E-state index in [0.717, 1.165) is 11.1 Å². The van der Waals surface area contributed by atoms with Crippen LogP contribution in [0.4, 0.5) is 4.79 Å². The molecule has 1 saturated heterocycles. The molecule has 0 radical (unpaired) electrons. The highest BCUT2D eigenvalue weighted by Crippen LogP contribution is 2.66. The van der Waals surface area contributed by atoms with E-state index in [1.54, 1.807) is 13.2 Å². The van der Waals surface area contributed by atoms with Crippen molar-refractivity contribution in [3.8, 4) is 11.5 Å². The number of methoxy groups -OCH3 is 1. The lowest BCUT2D eigenvalue weighted by atomic mass is 9.48. The van der Waals surface area contributed by atoms with E-state index in [1.165, 1.54) is 0 Å². The third-order valence-electron chi connectivity index (χ3n) is 7.80. The number of piperidine rings is 1. The number of phenolic OH excluding ortho intramolecular Hbond substituents is 1. The molecule has 1 spiro atoms. The molecule has 5 rings (SSSR count). The first-order valence-corrected chi connectivity index (χ1v) is 9.98. The molecule has 2 bridgehead atoms. The summed E-state index contributed by atoms with van der Waals surface area (Å²) in [6.07, 6.45) is 1.11. The molecule has 2 heterocycles. The van der Waals surface area contributed by atoms with E-state index in [2.05, 4.69) is 0 Å². The lowest BCUT2D eigenvalue weighted by Crippen LogP contribution is -2.82. The average Bonchev–Trinajstić information content (AvgIpc) is 3.05. The van der Waals surface area contributed by atoms with Gasteiger partial charge in [-0.3, -0.25) is 4.79 Å². The van der Waals surface area contributed by atoms with Crippen molar-refractivity contribution >= 4 is 11.9 Å². The van der Waals surface area contributed by atoms with Gasteiger partial charge in [0.15, 0.2) is 23.4 Å². The second-order valence-electron chi connectivity index (χ2n) is 8.64. The monoisotopic (exact) mass is 388 g/mol. The molecule has 7 nitrogen and oxygen atoms in total. The molecule has 0 aromatic heterocycles. The smallest absolute Gasteiger partial charge is 0.504 e. The second-order valence-corrected chi connectivity index (χ2v) is 8.64. The lowest BCUT2D eigenvalue weighted by Gasteiger charge is -2.63. The third kappa shape index (κ3) is 1.74. The number of phenols is 1. The number of carbonyl (C=O) groups excluding carboxylic acids is 2. The summed E-state index contributed by atoms with van der Waals surface area (Å²) in [4.78, 5) is 26.0. The molecule has 2 aliphatic carbocycles. The van der Waals surface area contributed by atoms with Gasteiger partial charge in [-0.1, -0.05) is 6.07 Å². The summed E-state index contributed by atoms with van der Waals surface area (Å²) >= 11 is 0. The number of Topliss-reactive ketones (excluding diaryl/α,β-unsaturated/α-hetero) is 1. The molecule has 1 saturated carbocycles. The van der Waals surface area contributed by atoms with Crippen LogP contribution in [0.5, 0.6) is 11.5 Å². The lowest BCUT2D eigenvalue weighted by molar-refractivity contribution is -0.882. The first-order valence-electron chi connectivity index (χ1n) is 9.98. The average molecular weight is 388 g/mol. The molecule has 1 aromatic rings. The molecule has 7 heteroatoms. The summed E-state index contributed by atoms with van der Waals surface area (Å²) in [6.45, 7) is 2.67. The Morgan fingerprint density at radius 2 is 2.18 bits per heavy atom. The number of aromatic hydroxyl groups is 1. The van der Waals surface area contributed by atoms with Gasteiger partial charge in [0.2, 0.25) is 0 Å². The van der Waals surface area contributed by atoms with E-state index in [1.807, 2.05) is 20.0 Å². The van der Waals surface area contributed by atoms with Gasteiger partial charge in [0.1, 0.15) is 11.6 Å². The van der Waals surface area contributed by atoms with Gasteiger partial charge in [-0.05, 0) is 25.0 Å². The number of likely N-dealkylation sites (tertiary alicyclic amines) is 1. The minimum Gasteiger partial charge on any atom is -0.504 e. The molecular weight excluding hydrogens is 362 g/mol. The first kappa shape index (κ1) is 17.9. The Kier molecular flexibility index (Phi) is 3.51. The minimum absolute atomic E-state index is 0.0436. The van der Waals surface area contributed by atoms with E-state index in [0.29, 0.717) is 44.6 Å². The zero-order chi connectivity index (χ0) is 19.9. The van der Waals surface area contributed by atoms with E-state index in [-0.39, 0.29) is 28.2 Å². The number of hydrogen-bond donors (Lipinski definition) is 1. The van der Waals surface area contributed by atoms with Gasteiger partial charge < -0.3 is 19.3 Å². The van der Waals surface area contributed by atoms with Crippen LogP contribution in [-0.2, 0) is 26.1 Å². The second kappa shape index (κ2) is 5.48. The molecule has 5 unspecified atom stereocenters. The number of nitrogens with zero attached hydrogens (tertiary/aromatic N) is 1. The molecule has 1 aromatic carbocycles. The van der Waals surface area contributed by atoms with Crippen molar-refractivity contribution < 1.29 is 33.4 Å². The Morgan fingerprint density at radius 1 is 1.39 bits per heavy atom. The van der Waals surface area contributed by atoms with Crippen molar-refractivity contribution in [1.82, 2.24) is 0 Å². The van der Waals surface area contributed by atoms with E-state index in [4.69, 9.17) is 14.2 Å². The fourth-order valence-corrected chi connectivity index (χ4v) is 6.62. The molecule has 2 aliphatic heterocycles. The van der Waals surface area contributed by atoms with Gasteiger partial charge in [-0.25, -0.2) is 4.48 Å². The first-order chi connectivity index (χ1) is 13.4. The summed E-state index contributed by atoms with van der Waals surface area (Å²) in [5.74, 6) is 0.527. The van der Waals surface area contributed by atoms with Gasteiger partial charge in [-0.2, -0.15) is 4.79 Å². The van der Waals surface area contributed by atoms with Crippen molar-refractivity contribution in [2.75, 3.05) is 27.3 Å². The van der Waals surface area contributed by atoms with Crippen LogP contribution in [0, 0.1) is 0 Å². The maximum Gasteiger partial charge on any atom is 0.516 e. The predicted octanol–water partition coefficient (Wildman–Crippen LogP) is 2.07. The van der Waals surface area contributed by atoms with E-state index >= 15 is 0 Å². The van der Waals surface area contributed by atoms with Crippen LogP contribution >= 0.6 is 0 Å². The van der Waals surface area contributed by atoms with Crippen molar-refractivity contribution in [2.45, 2.75) is 55.8 Å². The molecule has 28 heavy (non-hydrogen) atoms. The van der Waals surface area contributed by atoms with Crippen LogP contribution in [0.25, 0.3) is 0 Å². The van der Waals surface area contributed by atoms with Crippen LogP contribution in [0.1, 0.15) is 37.3 Å². The Labute approximate surface area is 163 Å². The minimum atomic E-state index is -0.725. The maximum atomic E-state index is 13.0. The Bertz CT molecular complexity index is 899. The Morgan fingerprint density at radius 3 is 2.89 bits per heavy atom. The van der Waals surface area contributed by atoms with Crippen LogP contribution in [0.3, 0.4) is 0 Å². The molecule has 5 atom stereocenters. The number of likely N-dealkylation sites (N-methyl/N-ethyl adjacent to an activating group) is 1. The summed E-state index contributed by atoms with van der Waals surface area (Å²) in [5, 5.41) is 10.5. The quantitative estimate of drug-likeness (QED) is 0.781. The summed E-state index contributed by atoms with van der Waals surface area (Å²) in [5.41, 5.74) is 0.542. The molecule has 2 fully saturated rings. The number of rotatable bonds is 2. The predicted molar refractivity (Wildman–Crippen MR) is 98.4 cm³/mol. The number of quaternary nitrogens is 1. The highest BCUT2D eigenvalue weighted by atomic mass is 16.6. The van der Waals surface area contributed by atoms with Crippen molar-refractivity contribution in [2.24, 2.45) is 0 Å². The Balaban J connectivity index is 1.79. The fourth-order valence-electron chi connectivity index (χ4n) is 6.62. The molecule has 1 amide bonds. The molecule has 150 valence electrons. The largest absolute Gasteiger partial charge is 0.516 e. The fraction of sp³-hybridized carbons (Fsp3) is 0.619. The molecular formula is C21H26NO6+. The Hall–Kier alpha value is -2.12. The number of hydrogen-bond acceptors (Lipinski definition) is 6. The van der Waals surface area contributed by atoms with Gasteiger partial charge >= 0.3 is 6.09 Å². The summed E-state index contributed by atoms with van der Waals surface area (Å²) < 4.78 is 18.0. The topological polar surface area (TPSA) is 82.1 Å². The van der Waals surface area contributed by atoms with E-state index in [9.17, 15) is 14.7 Å². The highest BCUT2D eigenvalue weighted by Gasteiger charge is 2.78. The number of benzene rings is 1. The van der Waals surface area contributed by atoms with Crippen LogP contribution in [-0.4, -0.2) is 66.5 Å².